The van der Waals surface area contributed by atoms with Crippen molar-refractivity contribution in [2.24, 2.45) is 0 Å². The van der Waals surface area contributed by atoms with Crippen molar-refractivity contribution >= 4 is 50.7 Å². The Morgan fingerprint density at radius 2 is 1.61 bits per heavy atom. The quantitative estimate of drug-likeness (QED) is 0.343. The van der Waals surface area contributed by atoms with Crippen LogP contribution in [0.5, 0.6) is 11.5 Å². The Labute approximate surface area is 250 Å². The second-order valence-corrected chi connectivity index (χ2v) is 12.3. The molecule has 2 amide bonds. The average Bonchev–Trinajstić information content (AvgIpc) is 2.98. The third-order valence-corrected chi connectivity index (χ3v) is 9.15. The summed E-state index contributed by atoms with van der Waals surface area (Å²) in [5, 5.41) is 3.27. The number of fused-ring (bicyclic) bond motifs is 1. The highest BCUT2D eigenvalue weighted by Gasteiger charge is 2.34. The summed E-state index contributed by atoms with van der Waals surface area (Å²) in [5.41, 5.74) is 1.49. The Kier molecular flexibility index (Phi) is 10.0. The number of rotatable bonds is 11. The maximum Gasteiger partial charge on any atom is 0.244 e. The maximum absolute atomic E-state index is 14.2. The topological polar surface area (TPSA) is 105 Å². The summed E-state index contributed by atoms with van der Waals surface area (Å²) in [5.74, 6) is -0.428. The van der Waals surface area contributed by atoms with E-state index >= 15 is 0 Å². The van der Waals surface area contributed by atoms with Crippen LogP contribution in [0.25, 0.3) is 0 Å². The van der Waals surface area contributed by atoms with Gasteiger partial charge >= 0.3 is 0 Å². The Morgan fingerprint density at radius 3 is 2.24 bits per heavy atom. The number of likely N-dealkylation sites (N-methyl/N-ethyl adjacent to an activating group) is 1. The smallest absolute Gasteiger partial charge is 0.244 e. The molecule has 0 saturated carbocycles. The lowest BCUT2D eigenvalue weighted by atomic mass is 10.0. The number of halogens is 2. The van der Waals surface area contributed by atoms with Crippen LogP contribution < -0.4 is 19.1 Å². The number of nitrogens with one attached hydrogen (secondary N) is 1. The molecule has 41 heavy (non-hydrogen) atoms. The van der Waals surface area contributed by atoms with Gasteiger partial charge in [0.2, 0.25) is 21.8 Å². The van der Waals surface area contributed by atoms with Crippen molar-refractivity contribution in [2.75, 3.05) is 36.9 Å². The molecule has 1 heterocycles. The van der Waals surface area contributed by atoms with Crippen LogP contribution in [0.4, 0.5) is 5.69 Å². The molecule has 0 spiro atoms. The molecule has 0 radical (unpaired) electrons. The van der Waals surface area contributed by atoms with E-state index in [0.29, 0.717) is 40.3 Å². The van der Waals surface area contributed by atoms with Gasteiger partial charge < -0.3 is 19.7 Å². The fourth-order valence-electron chi connectivity index (χ4n) is 4.48. The molecule has 218 valence electrons. The molecule has 0 aliphatic carbocycles. The van der Waals surface area contributed by atoms with E-state index in [1.165, 1.54) is 24.9 Å². The van der Waals surface area contributed by atoms with Gasteiger partial charge in [-0.3, -0.25) is 13.9 Å². The number of carbonyl (C=O) groups is 2. The second-order valence-electron chi connectivity index (χ2n) is 9.28. The van der Waals surface area contributed by atoms with Crippen LogP contribution in [-0.2, 0) is 32.6 Å². The zero-order valence-electron chi connectivity index (χ0n) is 22.7. The number of hydrogen-bond donors (Lipinski definition) is 1. The predicted octanol–water partition coefficient (Wildman–Crippen LogP) is 4.31. The number of ether oxygens (including phenoxy) is 2. The van der Waals surface area contributed by atoms with Crippen LogP contribution in [0.3, 0.4) is 0 Å². The third kappa shape index (κ3) is 7.25. The van der Waals surface area contributed by atoms with Gasteiger partial charge in [-0.05, 0) is 36.8 Å². The van der Waals surface area contributed by atoms with E-state index in [1.54, 1.807) is 30.3 Å². The zero-order valence-corrected chi connectivity index (χ0v) is 25.0. The van der Waals surface area contributed by atoms with E-state index in [2.05, 4.69) is 5.32 Å². The normalized spacial score (nSPS) is 13.3. The maximum atomic E-state index is 14.2. The third-order valence-electron chi connectivity index (χ3n) is 6.70. The van der Waals surface area contributed by atoms with E-state index in [9.17, 15) is 18.0 Å². The Balaban J connectivity index is 1.76. The highest BCUT2D eigenvalue weighted by Crippen LogP contribution is 2.35. The lowest BCUT2D eigenvalue weighted by Crippen LogP contribution is -2.53. The monoisotopic (exact) mass is 619 g/mol. The van der Waals surface area contributed by atoms with Crippen molar-refractivity contribution in [1.29, 1.82) is 0 Å². The summed E-state index contributed by atoms with van der Waals surface area (Å²) in [6, 6.07) is 17.9. The summed E-state index contributed by atoms with van der Waals surface area (Å²) in [7, 11) is -2.45. The average molecular weight is 621 g/mol. The number of benzene rings is 3. The highest BCUT2D eigenvalue weighted by molar-refractivity contribution is 7.92. The Bertz CT molecular complexity index is 1480. The zero-order chi connectivity index (χ0) is 29.6. The van der Waals surface area contributed by atoms with Crippen LogP contribution in [0.15, 0.2) is 66.7 Å². The number of carbonyl (C=O) groups excluding carboxylic acids is 2. The van der Waals surface area contributed by atoms with Crippen LogP contribution in [-0.4, -0.2) is 63.7 Å². The first-order valence-electron chi connectivity index (χ1n) is 13.0. The van der Waals surface area contributed by atoms with Crippen molar-refractivity contribution in [1.82, 2.24) is 10.2 Å². The first kappa shape index (κ1) is 30.5. The fraction of sp³-hybridized carbons (Fsp3) is 0.310. The minimum atomic E-state index is -3.93. The largest absolute Gasteiger partial charge is 0.486 e. The molecule has 3 aromatic carbocycles. The van der Waals surface area contributed by atoms with Gasteiger partial charge in [0.25, 0.3) is 0 Å². The highest BCUT2D eigenvalue weighted by atomic mass is 35.5. The van der Waals surface area contributed by atoms with E-state index in [1.807, 2.05) is 30.3 Å². The molecular weight excluding hydrogens is 589 g/mol. The summed E-state index contributed by atoms with van der Waals surface area (Å²) in [6.45, 7) is 1.50. The molecule has 4 rings (SSSR count). The lowest BCUT2D eigenvalue weighted by molar-refractivity contribution is -0.139. The minimum Gasteiger partial charge on any atom is -0.486 e. The molecule has 0 bridgehead atoms. The molecule has 1 atom stereocenters. The molecule has 1 unspecified atom stereocenters. The fourth-order valence-corrected chi connectivity index (χ4v) is 6.05. The number of nitrogens with zero attached hydrogens (tertiary/aromatic N) is 2. The van der Waals surface area contributed by atoms with Gasteiger partial charge in [0, 0.05) is 41.7 Å². The number of sulfonamides is 1. The van der Waals surface area contributed by atoms with Crippen LogP contribution in [0.2, 0.25) is 10.0 Å². The van der Waals surface area contributed by atoms with Crippen LogP contribution in [0.1, 0.15) is 18.1 Å². The van der Waals surface area contributed by atoms with Gasteiger partial charge in [0.1, 0.15) is 25.8 Å². The summed E-state index contributed by atoms with van der Waals surface area (Å²) in [6.07, 6.45) is 0.179. The molecule has 1 aliphatic rings. The van der Waals surface area contributed by atoms with Crippen molar-refractivity contribution in [3.63, 3.8) is 0 Å². The van der Waals surface area contributed by atoms with E-state index < -0.39 is 34.4 Å². The van der Waals surface area contributed by atoms with Crippen molar-refractivity contribution < 1.29 is 27.5 Å². The van der Waals surface area contributed by atoms with Gasteiger partial charge in [-0.15, -0.1) is 0 Å². The van der Waals surface area contributed by atoms with Crippen molar-refractivity contribution in [2.45, 2.75) is 25.9 Å². The summed E-state index contributed by atoms with van der Waals surface area (Å²) in [4.78, 5) is 28.7. The molecule has 3 aromatic rings. The van der Waals surface area contributed by atoms with E-state index in [-0.39, 0.29) is 24.4 Å². The standard InChI is InChI=1S/C29H31Cl2N3O6S/c1-3-41(37,38)34(21-12-13-26-27(17-21)40-15-14-39-26)19-28(35)33(18-22-23(30)10-7-11-24(22)31)25(29(36)32-2)16-20-8-5-4-6-9-20/h4-13,17,25H,3,14-16,18-19H2,1-2H3,(H,32,36). The Morgan fingerprint density at radius 1 is 0.951 bits per heavy atom. The molecule has 0 aromatic heterocycles. The molecule has 12 heteroatoms. The molecule has 1 N–H and O–H groups in total. The van der Waals surface area contributed by atoms with Crippen LogP contribution >= 0.6 is 23.2 Å². The Hall–Kier alpha value is -3.47. The number of hydrogen-bond acceptors (Lipinski definition) is 6. The van der Waals surface area contributed by atoms with Gasteiger partial charge in [-0.2, -0.15) is 0 Å². The van der Waals surface area contributed by atoms with Crippen molar-refractivity contribution in [3.05, 3.63) is 87.9 Å². The number of amides is 2. The predicted molar refractivity (Wildman–Crippen MR) is 159 cm³/mol. The molecule has 1 aliphatic heterocycles. The molecule has 0 saturated heterocycles. The molecular formula is C29H31Cl2N3O6S. The van der Waals surface area contributed by atoms with E-state index in [0.717, 1.165) is 9.87 Å². The molecule has 0 fully saturated rings. The number of anilines is 1. The first-order chi connectivity index (χ1) is 19.6. The van der Waals surface area contributed by atoms with Gasteiger partial charge in [-0.1, -0.05) is 59.6 Å². The van der Waals surface area contributed by atoms with Gasteiger partial charge in [0.05, 0.1) is 11.4 Å². The van der Waals surface area contributed by atoms with Crippen LogP contribution in [0, 0.1) is 0 Å². The lowest BCUT2D eigenvalue weighted by Gasteiger charge is -2.34. The van der Waals surface area contributed by atoms with E-state index in [4.69, 9.17) is 32.7 Å². The second kappa shape index (κ2) is 13.5. The van der Waals surface area contributed by atoms with Crippen molar-refractivity contribution in [3.8, 4) is 11.5 Å². The first-order valence-corrected chi connectivity index (χ1v) is 15.4. The SMILES string of the molecule is CCS(=O)(=O)N(CC(=O)N(Cc1c(Cl)cccc1Cl)C(Cc1ccccc1)C(=O)NC)c1ccc2c(c1)OCCO2. The van der Waals surface area contributed by atoms with Gasteiger partial charge in [-0.25, -0.2) is 8.42 Å². The van der Waals surface area contributed by atoms with Gasteiger partial charge in [0.15, 0.2) is 11.5 Å². The molecule has 9 nitrogen and oxygen atoms in total. The minimum absolute atomic E-state index is 0.122. The summed E-state index contributed by atoms with van der Waals surface area (Å²) >= 11 is 12.9. The summed E-state index contributed by atoms with van der Waals surface area (Å²) < 4.78 is 38.8.